The number of nitro benzene ring substituents is 1. The number of halogens is 2. The molecule has 12 heteroatoms. The van der Waals surface area contributed by atoms with E-state index >= 15 is 0 Å². The topological polar surface area (TPSA) is 118 Å². The maximum atomic E-state index is 13.4. The van der Waals surface area contributed by atoms with E-state index < -0.39 is 4.92 Å². The van der Waals surface area contributed by atoms with Crippen molar-refractivity contribution in [1.82, 2.24) is 9.66 Å². The van der Waals surface area contributed by atoms with Crippen LogP contribution in [-0.2, 0) is 13.0 Å². The van der Waals surface area contributed by atoms with Gasteiger partial charge >= 0.3 is 5.69 Å². The van der Waals surface area contributed by atoms with E-state index in [0.717, 1.165) is 17.3 Å². The largest absolute Gasteiger partial charge is 0.481 e. The van der Waals surface area contributed by atoms with Crippen molar-refractivity contribution >= 4 is 50.3 Å². The Morgan fingerprint density at radius 2 is 2.03 bits per heavy atom. The second kappa shape index (κ2) is 11.4. The van der Waals surface area contributed by atoms with Crippen LogP contribution < -0.4 is 19.8 Å². The molecule has 200 valence electrons. The summed E-state index contributed by atoms with van der Waals surface area (Å²) in [5.74, 6) is 1.63. The van der Waals surface area contributed by atoms with Gasteiger partial charge in [-0.05, 0) is 48.4 Å². The summed E-state index contributed by atoms with van der Waals surface area (Å²) >= 11 is 9.61. The number of unbranched alkanes of at least 4 members (excludes halogenated alkanes) is 1. The van der Waals surface area contributed by atoms with Gasteiger partial charge in [-0.2, -0.15) is 9.78 Å². The van der Waals surface area contributed by atoms with Crippen molar-refractivity contribution in [3.8, 4) is 17.2 Å². The molecule has 1 aromatic heterocycles. The van der Waals surface area contributed by atoms with Crippen LogP contribution >= 0.6 is 27.5 Å². The van der Waals surface area contributed by atoms with E-state index in [0.29, 0.717) is 40.2 Å². The molecular weight excluding hydrogens is 592 g/mol. The molecule has 1 aliphatic rings. The molecule has 0 radical (unpaired) electrons. The van der Waals surface area contributed by atoms with E-state index in [4.69, 9.17) is 25.8 Å². The average Bonchev–Trinajstić information content (AvgIpc) is 3.39. The first-order valence-electron chi connectivity index (χ1n) is 12.1. The molecule has 3 aromatic carbocycles. The van der Waals surface area contributed by atoms with Crippen LogP contribution in [0.25, 0.3) is 10.9 Å². The Kier molecular flexibility index (Phi) is 7.80. The molecule has 39 heavy (non-hydrogen) atoms. The lowest BCUT2D eigenvalue weighted by atomic mass is 10.1. The highest BCUT2D eigenvalue weighted by molar-refractivity contribution is 9.10. The Bertz CT molecular complexity index is 1670. The summed E-state index contributed by atoms with van der Waals surface area (Å²) in [6, 6.07) is 13.3. The minimum absolute atomic E-state index is 0.00715. The molecular formula is C27H22BrClN4O6. The van der Waals surface area contributed by atoms with Crippen LogP contribution in [0.5, 0.6) is 17.2 Å². The fourth-order valence-electron chi connectivity index (χ4n) is 4.11. The van der Waals surface area contributed by atoms with Crippen LogP contribution in [0.15, 0.2) is 62.9 Å². The van der Waals surface area contributed by atoms with Crippen molar-refractivity contribution in [3.63, 3.8) is 0 Å². The summed E-state index contributed by atoms with van der Waals surface area (Å²) in [5.41, 5.74) is 0.824. The molecule has 0 amide bonds. The van der Waals surface area contributed by atoms with E-state index in [2.05, 4.69) is 26.0 Å². The highest BCUT2D eigenvalue weighted by atomic mass is 79.9. The predicted molar refractivity (Wildman–Crippen MR) is 150 cm³/mol. The molecule has 0 bridgehead atoms. The summed E-state index contributed by atoms with van der Waals surface area (Å²) in [5, 5.41) is 16.8. The Labute approximate surface area is 236 Å². The van der Waals surface area contributed by atoms with E-state index in [9.17, 15) is 14.9 Å². The second-order valence-electron chi connectivity index (χ2n) is 8.73. The zero-order valence-corrected chi connectivity index (χ0v) is 23.1. The van der Waals surface area contributed by atoms with Gasteiger partial charge in [0.15, 0.2) is 11.5 Å². The van der Waals surface area contributed by atoms with Crippen molar-refractivity contribution in [2.75, 3.05) is 6.79 Å². The molecule has 0 saturated carbocycles. The Morgan fingerprint density at radius 3 is 2.82 bits per heavy atom. The molecule has 10 nitrogen and oxygen atoms in total. The number of rotatable bonds is 9. The predicted octanol–water partition coefficient (Wildman–Crippen LogP) is 6.25. The summed E-state index contributed by atoms with van der Waals surface area (Å²) < 4.78 is 18.6. The second-order valence-corrected chi connectivity index (χ2v) is 10.1. The van der Waals surface area contributed by atoms with Crippen LogP contribution in [-0.4, -0.2) is 27.6 Å². The van der Waals surface area contributed by atoms with E-state index in [1.54, 1.807) is 30.3 Å². The standard InChI is InChI=1S/C27H22BrClN4O6/c1-2-3-4-25-31-21-7-6-18(28)11-20(21)27(34)32(25)30-13-17-10-19(29)12-22(33(35)36)26(17)37-14-16-5-8-23-24(9-16)39-15-38-23/h5-13H,2-4,14-15H2,1H3. The van der Waals surface area contributed by atoms with Gasteiger partial charge in [-0.25, -0.2) is 4.98 Å². The van der Waals surface area contributed by atoms with Crippen LogP contribution in [0.4, 0.5) is 5.69 Å². The smallest absolute Gasteiger partial charge is 0.313 e. The summed E-state index contributed by atoms with van der Waals surface area (Å²) in [6.07, 6.45) is 3.56. The van der Waals surface area contributed by atoms with E-state index in [1.165, 1.54) is 23.0 Å². The summed E-state index contributed by atoms with van der Waals surface area (Å²) in [6.45, 7) is 2.18. The number of hydrogen-bond acceptors (Lipinski definition) is 8. The number of benzene rings is 3. The van der Waals surface area contributed by atoms with Crippen molar-refractivity contribution in [2.45, 2.75) is 32.8 Å². The normalized spacial score (nSPS) is 12.4. The van der Waals surface area contributed by atoms with Gasteiger partial charge in [-0.1, -0.05) is 46.9 Å². The van der Waals surface area contributed by atoms with E-state index in [1.807, 2.05) is 13.0 Å². The first-order chi connectivity index (χ1) is 18.8. The van der Waals surface area contributed by atoms with Gasteiger partial charge in [0.05, 0.1) is 22.0 Å². The van der Waals surface area contributed by atoms with Crippen LogP contribution in [0.2, 0.25) is 5.02 Å². The van der Waals surface area contributed by atoms with Crippen LogP contribution in [0, 0.1) is 10.1 Å². The van der Waals surface area contributed by atoms with Gasteiger partial charge in [-0.3, -0.25) is 14.9 Å². The number of nitro groups is 1. The number of aromatic nitrogens is 2. The van der Waals surface area contributed by atoms with Crippen molar-refractivity contribution < 1.29 is 19.1 Å². The summed E-state index contributed by atoms with van der Waals surface area (Å²) in [7, 11) is 0. The van der Waals surface area contributed by atoms with Gasteiger partial charge in [0.25, 0.3) is 5.56 Å². The minimum Gasteiger partial charge on any atom is -0.481 e. The molecule has 5 rings (SSSR count). The van der Waals surface area contributed by atoms with Crippen LogP contribution in [0.1, 0.15) is 36.7 Å². The fourth-order valence-corrected chi connectivity index (χ4v) is 4.69. The SMILES string of the molecule is CCCCc1nc2ccc(Br)cc2c(=O)n1N=Cc1cc(Cl)cc([N+](=O)[O-])c1OCc1ccc2c(c1)OCO2. The molecule has 0 N–H and O–H groups in total. The highest BCUT2D eigenvalue weighted by Crippen LogP contribution is 2.36. The van der Waals surface area contributed by atoms with Gasteiger partial charge in [0.1, 0.15) is 12.4 Å². The van der Waals surface area contributed by atoms with Crippen molar-refractivity contribution in [2.24, 2.45) is 5.10 Å². The Hall–Kier alpha value is -3.96. The molecule has 0 aliphatic carbocycles. The number of hydrogen-bond donors (Lipinski definition) is 0. The molecule has 4 aromatic rings. The van der Waals surface area contributed by atoms with Gasteiger partial charge in [-0.15, -0.1) is 0 Å². The highest BCUT2D eigenvalue weighted by Gasteiger charge is 2.22. The molecule has 0 saturated heterocycles. The maximum Gasteiger partial charge on any atom is 0.313 e. The van der Waals surface area contributed by atoms with E-state index in [-0.39, 0.29) is 41.0 Å². The number of fused-ring (bicyclic) bond motifs is 2. The fraction of sp³-hybridized carbons (Fsp3) is 0.222. The third-order valence-electron chi connectivity index (χ3n) is 6.02. The molecule has 1 aliphatic heterocycles. The monoisotopic (exact) mass is 612 g/mol. The number of nitrogens with zero attached hydrogens (tertiary/aromatic N) is 4. The molecule has 0 unspecified atom stereocenters. The molecule has 2 heterocycles. The zero-order valence-electron chi connectivity index (χ0n) is 20.7. The lowest BCUT2D eigenvalue weighted by molar-refractivity contribution is -0.385. The zero-order chi connectivity index (χ0) is 27.5. The maximum absolute atomic E-state index is 13.4. The molecule has 0 fully saturated rings. The molecule has 0 spiro atoms. The third kappa shape index (κ3) is 5.74. The molecule has 0 atom stereocenters. The average molecular weight is 614 g/mol. The lowest BCUT2D eigenvalue weighted by Crippen LogP contribution is -2.22. The number of ether oxygens (including phenoxy) is 3. The Morgan fingerprint density at radius 1 is 1.21 bits per heavy atom. The van der Waals surface area contributed by atoms with Crippen molar-refractivity contribution in [1.29, 1.82) is 0 Å². The quantitative estimate of drug-likeness (QED) is 0.124. The van der Waals surface area contributed by atoms with Gasteiger partial charge in [0, 0.05) is 27.5 Å². The Balaban J connectivity index is 1.55. The summed E-state index contributed by atoms with van der Waals surface area (Å²) in [4.78, 5) is 29.4. The minimum atomic E-state index is -0.577. The number of aryl methyl sites for hydroxylation is 1. The first-order valence-corrected chi connectivity index (χ1v) is 13.3. The van der Waals surface area contributed by atoms with Gasteiger partial charge in [0.2, 0.25) is 12.5 Å². The van der Waals surface area contributed by atoms with Crippen molar-refractivity contribution in [3.05, 3.63) is 95.4 Å². The lowest BCUT2D eigenvalue weighted by Gasteiger charge is -2.12. The van der Waals surface area contributed by atoms with Gasteiger partial charge < -0.3 is 14.2 Å². The first kappa shape index (κ1) is 26.6. The third-order valence-corrected chi connectivity index (χ3v) is 6.73. The van der Waals surface area contributed by atoms with Crippen LogP contribution in [0.3, 0.4) is 0 Å².